The van der Waals surface area contributed by atoms with Gasteiger partial charge in [-0.2, -0.15) is 0 Å². The van der Waals surface area contributed by atoms with E-state index in [4.69, 9.17) is 0 Å². The molecule has 0 aromatic rings. The lowest BCUT2D eigenvalue weighted by molar-refractivity contribution is 0.556. The van der Waals surface area contributed by atoms with Crippen molar-refractivity contribution in [1.29, 1.82) is 0 Å². The molecule has 0 N–H and O–H groups in total. The van der Waals surface area contributed by atoms with E-state index >= 15 is 0 Å². The Morgan fingerprint density at radius 1 is 0.308 bits per heavy atom. The predicted molar refractivity (Wildman–Crippen MR) is 122 cm³/mol. The highest BCUT2D eigenvalue weighted by Crippen LogP contribution is 2.13. The third-order valence-corrected chi connectivity index (χ3v) is 5.62. The van der Waals surface area contributed by atoms with Crippen LogP contribution in [0, 0.1) is 0 Å². The first kappa shape index (κ1) is 25.7. The molecule has 0 radical (unpaired) electrons. The molecule has 0 amide bonds. The summed E-state index contributed by atoms with van der Waals surface area (Å²) in [4.78, 5) is 0. The third-order valence-electron chi connectivity index (χ3n) is 5.62. The fourth-order valence-corrected chi connectivity index (χ4v) is 3.73. The highest BCUT2D eigenvalue weighted by molar-refractivity contribution is 4.81. The molecule has 0 heterocycles. The minimum absolute atomic E-state index is 1.31. The van der Waals surface area contributed by atoms with Crippen molar-refractivity contribution in [2.24, 2.45) is 0 Å². The minimum atomic E-state index is 1.31. The summed E-state index contributed by atoms with van der Waals surface area (Å²) in [6.07, 6.45) is 36.4. The van der Waals surface area contributed by atoms with Crippen molar-refractivity contribution in [3.05, 3.63) is 12.2 Å². The molecule has 0 aliphatic carbocycles. The van der Waals surface area contributed by atoms with Crippen molar-refractivity contribution < 1.29 is 0 Å². The van der Waals surface area contributed by atoms with Crippen LogP contribution in [0.25, 0.3) is 0 Å². The van der Waals surface area contributed by atoms with E-state index in [1.807, 2.05) is 0 Å². The SMILES string of the molecule is CCCCCCCCCCCC/C=C\CCCCCCCCCCCC. The molecule has 0 aliphatic rings. The Labute approximate surface area is 167 Å². The molecule has 0 saturated carbocycles. The van der Waals surface area contributed by atoms with Crippen molar-refractivity contribution in [2.45, 2.75) is 155 Å². The Morgan fingerprint density at radius 2 is 0.538 bits per heavy atom. The quantitative estimate of drug-likeness (QED) is 0.132. The van der Waals surface area contributed by atoms with Crippen LogP contribution in [-0.4, -0.2) is 0 Å². The van der Waals surface area contributed by atoms with Crippen LogP contribution in [0.4, 0.5) is 0 Å². The third kappa shape index (κ3) is 23.7. The molecule has 0 atom stereocenters. The van der Waals surface area contributed by atoms with Gasteiger partial charge in [-0.1, -0.05) is 142 Å². The number of hydrogen-bond acceptors (Lipinski definition) is 0. The fraction of sp³-hybridized carbons (Fsp3) is 0.923. The maximum absolute atomic E-state index is 2.44. The van der Waals surface area contributed by atoms with Crippen molar-refractivity contribution in [3.8, 4) is 0 Å². The zero-order valence-electron chi connectivity index (χ0n) is 18.7. The fourth-order valence-electron chi connectivity index (χ4n) is 3.73. The Kier molecular flexibility index (Phi) is 24.5. The molecule has 0 unspecified atom stereocenters. The summed E-state index contributed by atoms with van der Waals surface area (Å²) in [5.41, 5.74) is 0. The number of unbranched alkanes of at least 4 members (excludes halogenated alkanes) is 20. The van der Waals surface area contributed by atoms with Gasteiger partial charge in [-0.05, 0) is 25.7 Å². The molecule has 0 nitrogen and oxygen atoms in total. The first-order valence-corrected chi connectivity index (χ1v) is 12.6. The average Bonchev–Trinajstić information content (AvgIpc) is 2.66. The zero-order chi connectivity index (χ0) is 19.0. The maximum atomic E-state index is 2.44. The van der Waals surface area contributed by atoms with Crippen molar-refractivity contribution in [1.82, 2.24) is 0 Å². The van der Waals surface area contributed by atoms with Gasteiger partial charge in [0.15, 0.2) is 0 Å². The Hall–Kier alpha value is -0.260. The number of rotatable bonds is 22. The highest BCUT2D eigenvalue weighted by atomic mass is 14.0. The van der Waals surface area contributed by atoms with E-state index in [0.29, 0.717) is 0 Å². The normalized spacial score (nSPS) is 11.6. The van der Waals surface area contributed by atoms with Gasteiger partial charge in [-0.15, -0.1) is 0 Å². The van der Waals surface area contributed by atoms with E-state index in [0.717, 1.165) is 0 Å². The highest BCUT2D eigenvalue weighted by Gasteiger charge is 1.93. The first-order valence-electron chi connectivity index (χ1n) is 12.6. The van der Waals surface area contributed by atoms with Crippen LogP contribution in [0.3, 0.4) is 0 Å². The van der Waals surface area contributed by atoms with Crippen LogP contribution in [0.1, 0.15) is 155 Å². The lowest BCUT2D eigenvalue weighted by Crippen LogP contribution is -1.82. The van der Waals surface area contributed by atoms with E-state index < -0.39 is 0 Å². The number of allylic oxidation sites excluding steroid dienone is 2. The topological polar surface area (TPSA) is 0 Å². The summed E-state index contributed by atoms with van der Waals surface area (Å²) in [6, 6.07) is 0. The minimum Gasteiger partial charge on any atom is -0.0885 e. The van der Waals surface area contributed by atoms with Crippen molar-refractivity contribution in [2.75, 3.05) is 0 Å². The molecule has 26 heavy (non-hydrogen) atoms. The predicted octanol–water partition coefficient (Wildman–Crippen LogP) is 10.2. The Bertz CT molecular complexity index is 227. The van der Waals surface area contributed by atoms with E-state index in [1.54, 1.807) is 0 Å². The zero-order valence-corrected chi connectivity index (χ0v) is 18.7. The average molecular weight is 365 g/mol. The van der Waals surface area contributed by atoms with Gasteiger partial charge in [0.1, 0.15) is 0 Å². The molecule has 0 bridgehead atoms. The Balaban J connectivity index is 3.04. The lowest BCUT2D eigenvalue weighted by Gasteiger charge is -2.01. The van der Waals surface area contributed by atoms with Crippen molar-refractivity contribution in [3.63, 3.8) is 0 Å². The van der Waals surface area contributed by atoms with Gasteiger partial charge in [0.25, 0.3) is 0 Å². The number of hydrogen-bond donors (Lipinski definition) is 0. The molecular formula is C26H52. The molecular weight excluding hydrogens is 312 g/mol. The molecule has 156 valence electrons. The summed E-state index contributed by atoms with van der Waals surface area (Å²) < 4.78 is 0. The van der Waals surface area contributed by atoms with Crippen LogP contribution >= 0.6 is 0 Å². The molecule has 0 spiro atoms. The Morgan fingerprint density at radius 3 is 0.808 bits per heavy atom. The summed E-state index contributed by atoms with van der Waals surface area (Å²) in [5.74, 6) is 0. The molecule has 0 fully saturated rings. The molecule has 0 heteroatoms. The van der Waals surface area contributed by atoms with Crippen molar-refractivity contribution >= 4 is 0 Å². The van der Waals surface area contributed by atoms with Gasteiger partial charge in [0.2, 0.25) is 0 Å². The second kappa shape index (κ2) is 24.7. The van der Waals surface area contributed by atoms with Gasteiger partial charge >= 0.3 is 0 Å². The van der Waals surface area contributed by atoms with Gasteiger partial charge < -0.3 is 0 Å². The largest absolute Gasteiger partial charge is 0.0885 e. The van der Waals surface area contributed by atoms with E-state index in [-0.39, 0.29) is 0 Å². The van der Waals surface area contributed by atoms with Crippen LogP contribution in [0.15, 0.2) is 12.2 Å². The molecule has 0 rings (SSSR count). The van der Waals surface area contributed by atoms with Crippen LogP contribution in [0.5, 0.6) is 0 Å². The summed E-state index contributed by atoms with van der Waals surface area (Å²) in [6.45, 7) is 4.59. The first-order chi connectivity index (χ1) is 12.9. The summed E-state index contributed by atoms with van der Waals surface area (Å²) >= 11 is 0. The van der Waals surface area contributed by atoms with Gasteiger partial charge in [0.05, 0.1) is 0 Å². The van der Waals surface area contributed by atoms with Crippen LogP contribution in [-0.2, 0) is 0 Å². The van der Waals surface area contributed by atoms with E-state index in [9.17, 15) is 0 Å². The van der Waals surface area contributed by atoms with Gasteiger partial charge in [-0.25, -0.2) is 0 Å². The molecule has 0 saturated heterocycles. The van der Waals surface area contributed by atoms with E-state index in [2.05, 4.69) is 26.0 Å². The summed E-state index contributed by atoms with van der Waals surface area (Å²) in [7, 11) is 0. The second-order valence-corrected chi connectivity index (χ2v) is 8.41. The smallest absolute Gasteiger partial charge is 0.0351 e. The second-order valence-electron chi connectivity index (χ2n) is 8.41. The van der Waals surface area contributed by atoms with Gasteiger partial charge in [0, 0.05) is 0 Å². The molecule has 0 aliphatic heterocycles. The standard InChI is InChI=1S/C26H52/c1-3-5-7-9-11-13-15-17-19-21-23-25-26-24-22-20-18-16-14-12-10-8-6-4-2/h25-26H,3-24H2,1-2H3/b26-25-. The van der Waals surface area contributed by atoms with E-state index in [1.165, 1.54) is 141 Å². The summed E-state index contributed by atoms with van der Waals surface area (Å²) in [5, 5.41) is 0. The maximum Gasteiger partial charge on any atom is -0.0351 e. The van der Waals surface area contributed by atoms with Crippen LogP contribution in [0.2, 0.25) is 0 Å². The molecule has 0 aromatic heterocycles. The molecule has 0 aromatic carbocycles. The monoisotopic (exact) mass is 364 g/mol. The van der Waals surface area contributed by atoms with Gasteiger partial charge in [-0.3, -0.25) is 0 Å². The van der Waals surface area contributed by atoms with Crippen LogP contribution < -0.4 is 0 Å². The lowest BCUT2D eigenvalue weighted by atomic mass is 10.0.